The molecule has 0 radical (unpaired) electrons. The van der Waals surface area contributed by atoms with Gasteiger partial charge in [-0.2, -0.15) is 5.10 Å². The standard InChI is InChI=1S/C15H24N2O/c1-3-14(4-2)17-9-8-13(16-17)11-15(18)10-12-6-5-7-12/h8-9,12,14H,3-7,10-11H2,1-2H3. The van der Waals surface area contributed by atoms with E-state index in [-0.39, 0.29) is 0 Å². The fourth-order valence-electron chi connectivity index (χ4n) is 2.63. The third-order valence-electron chi connectivity index (χ3n) is 4.10. The number of carbonyl (C=O) groups is 1. The lowest BCUT2D eigenvalue weighted by molar-refractivity contribution is -0.119. The van der Waals surface area contributed by atoms with E-state index in [0.717, 1.165) is 25.0 Å². The van der Waals surface area contributed by atoms with Gasteiger partial charge in [0.2, 0.25) is 0 Å². The van der Waals surface area contributed by atoms with Gasteiger partial charge >= 0.3 is 0 Å². The van der Waals surface area contributed by atoms with E-state index >= 15 is 0 Å². The monoisotopic (exact) mass is 248 g/mol. The molecular formula is C15H24N2O. The van der Waals surface area contributed by atoms with Crippen LogP contribution in [0.5, 0.6) is 0 Å². The van der Waals surface area contributed by atoms with Gasteiger partial charge in [0.05, 0.1) is 18.2 Å². The van der Waals surface area contributed by atoms with Crippen molar-refractivity contribution in [1.82, 2.24) is 9.78 Å². The van der Waals surface area contributed by atoms with Gasteiger partial charge in [0, 0.05) is 12.6 Å². The van der Waals surface area contributed by atoms with Gasteiger partial charge in [-0.3, -0.25) is 9.48 Å². The second-order valence-corrected chi connectivity index (χ2v) is 5.47. The lowest BCUT2D eigenvalue weighted by atomic mass is 9.81. The summed E-state index contributed by atoms with van der Waals surface area (Å²) in [5.74, 6) is 1.02. The summed E-state index contributed by atoms with van der Waals surface area (Å²) in [6.07, 6.45) is 9.27. The Morgan fingerprint density at radius 3 is 2.72 bits per heavy atom. The van der Waals surface area contributed by atoms with E-state index in [9.17, 15) is 4.79 Å². The summed E-state index contributed by atoms with van der Waals surface area (Å²) in [4.78, 5) is 11.9. The van der Waals surface area contributed by atoms with Gasteiger partial charge in [0.1, 0.15) is 5.78 Å². The Balaban J connectivity index is 1.87. The zero-order valence-corrected chi connectivity index (χ0v) is 11.6. The van der Waals surface area contributed by atoms with Crippen LogP contribution < -0.4 is 0 Å². The molecule has 1 aromatic heterocycles. The van der Waals surface area contributed by atoms with Gasteiger partial charge in [-0.25, -0.2) is 0 Å². The smallest absolute Gasteiger partial charge is 0.139 e. The molecule has 3 nitrogen and oxygen atoms in total. The minimum absolute atomic E-state index is 0.356. The molecule has 0 aromatic carbocycles. The van der Waals surface area contributed by atoms with Gasteiger partial charge in [-0.1, -0.05) is 33.1 Å². The zero-order chi connectivity index (χ0) is 13.0. The first-order chi connectivity index (χ1) is 8.72. The lowest BCUT2D eigenvalue weighted by Gasteiger charge is -2.24. The summed E-state index contributed by atoms with van der Waals surface area (Å²) < 4.78 is 2.02. The molecule has 0 N–H and O–H groups in total. The van der Waals surface area contributed by atoms with Gasteiger partial charge in [0.25, 0.3) is 0 Å². The molecule has 0 amide bonds. The first kappa shape index (κ1) is 13.3. The maximum atomic E-state index is 11.9. The molecule has 0 bridgehead atoms. The van der Waals surface area contributed by atoms with Crippen molar-refractivity contribution in [2.45, 2.75) is 64.8 Å². The Morgan fingerprint density at radius 1 is 1.44 bits per heavy atom. The maximum Gasteiger partial charge on any atom is 0.139 e. The minimum Gasteiger partial charge on any atom is -0.299 e. The third kappa shape index (κ3) is 3.21. The van der Waals surface area contributed by atoms with Crippen molar-refractivity contribution in [2.24, 2.45) is 5.92 Å². The highest BCUT2D eigenvalue weighted by Gasteiger charge is 2.21. The topological polar surface area (TPSA) is 34.9 Å². The van der Waals surface area contributed by atoms with E-state index in [1.807, 2.05) is 16.9 Å². The van der Waals surface area contributed by atoms with E-state index in [2.05, 4.69) is 18.9 Å². The average molecular weight is 248 g/mol. The number of rotatable bonds is 7. The number of carbonyl (C=O) groups excluding carboxylic acids is 1. The molecule has 0 unspecified atom stereocenters. The summed E-state index contributed by atoms with van der Waals surface area (Å²) in [5, 5.41) is 4.54. The SMILES string of the molecule is CCC(CC)n1ccc(CC(=O)CC2CCC2)n1. The summed E-state index contributed by atoms with van der Waals surface area (Å²) in [6, 6.07) is 2.47. The van der Waals surface area contributed by atoms with Crippen LogP contribution in [0.3, 0.4) is 0 Å². The Hall–Kier alpha value is -1.12. The normalized spacial score (nSPS) is 15.9. The summed E-state index contributed by atoms with van der Waals surface area (Å²) >= 11 is 0. The molecule has 0 aliphatic heterocycles. The first-order valence-corrected chi connectivity index (χ1v) is 7.28. The fourth-order valence-corrected chi connectivity index (χ4v) is 2.63. The lowest BCUT2D eigenvalue weighted by Crippen LogP contribution is -2.17. The molecule has 0 saturated heterocycles. The second-order valence-electron chi connectivity index (χ2n) is 5.47. The maximum absolute atomic E-state index is 11.9. The Morgan fingerprint density at radius 2 is 2.17 bits per heavy atom. The predicted molar refractivity (Wildman–Crippen MR) is 72.5 cm³/mol. The van der Waals surface area contributed by atoms with Crippen molar-refractivity contribution in [3.63, 3.8) is 0 Å². The molecule has 1 aliphatic carbocycles. The number of ketones is 1. The summed E-state index contributed by atoms with van der Waals surface area (Å²) in [5.41, 5.74) is 0.936. The Kier molecular flexibility index (Phi) is 4.56. The van der Waals surface area contributed by atoms with Crippen LogP contribution in [0.1, 0.15) is 64.1 Å². The van der Waals surface area contributed by atoms with Crippen LogP contribution in [-0.2, 0) is 11.2 Å². The summed E-state index contributed by atoms with van der Waals surface area (Å²) in [7, 11) is 0. The van der Waals surface area contributed by atoms with E-state index in [1.54, 1.807) is 0 Å². The van der Waals surface area contributed by atoms with Crippen LogP contribution in [0.25, 0.3) is 0 Å². The molecule has 1 aromatic rings. The molecule has 3 heteroatoms. The van der Waals surface area contributed by atoms with Crippen LogP contribution >= 0.6 is 0 Å². The van der Waals surface area contributed by atoms with Crippen LogP contribution in [0, 0.1) is 5.92 Å². The number of hydrogen-bond donors (Lipinski definition) is 0. The highest BCUT2D eigenvalue weighted by Crippen LogP contribution is 2.29. The molecule has 0 spiro atoms. The quantitative estimate of drug-likeness (QED) is 0.739. The highest BCUT2D eigenvalue weighted by molar-refractivity contribution is 5.80. The van der Waals surface area contributed by atoms with E-state index in [4.69, 9.17) is 0 Å². The molecule has 1 aliphatic rings. The number of Topliss-reactive ketones (excluding diaryl/α,β-unsaturated/α-hetero) is 1. The van der Waals surface area contributed by atoms with Gasteiger partial charge in [-0.05, 0) is 24.8 Å². The van der Waals surface area contributed by atoms with Gasteiger partial charge in [0.15, 0.2) is 0 Å². The number of aromatic nitrogens is 2. The van der Waals surface area contributed by atoms with Crippen molar-refractivity contribution in [3.05, 3.63) is 18.0 Å². The van der Waals surface area contributed by atoms with E-state index in [1.165, 1.54) is 19.3 Å². The van der Waals surface area contributed by atoms with Crippen LogP contribution in [0.15, 0.2) is 12.3 Å². The van der Waals surface area contributed by atoms with E-state index in [0.29, 0.717) is 24.2 Å². The fraction of sp³-hybridized carbons (Fsp3) is 0.733. The molecule has 18 heavy (non-hydrogen) atoms. The first-order valence-electron chi connectivity index (χ1n) is 7.28. The Labute approximate surface area is 110 Å². The molecule has 1 fully saturated rings. The molecule has 1 saturated carbocycles. The van der Waals surface area contributed by atoms with Crippen LogP contribution in [-0.4, -0.2) is 15.6 Å². The van der Waals surface area contributed by atoms with Gasteiger partial charge in [-0.15, -0.1) is 0 Å². The number of nitrogens with zero attached hydrogens (tertiary/aromatic N) is 2. The molecule has 2 rings (SSSR count). The van der Waals surface area contributed by atoms with Crippen molar-refractivity contribution in [2.75, 3.05) is 0 Å². The molecule has 100 valence electrons. The van der Waals surface area contributed by atoms with Crippen molar-refractivity contribution < 1.29 is 4.79 Å². The highest BCUT2D eigenvalue weighted by atomic mass is 16.1. The van der Waals surface area contributed by atoms with Crippen LogP contribution in [0.4, 0.5) is 0 Å². The predicted octanol–water partition coefficient (Wildman–Crippen LogP) is 3.55. The van der Waals surface area contributed by atoms with Crippen molar-refractivity contribution in [3.8, 4) is 0 Å². The molecule has 1 heterocycles. The summed E-state index contributed by atoms with van der Waals surface area (Å²) in [6.45, 7) is 4.36. The zero-order valence-electron chi connectivity index (χ0n) is 11.6. The van der Waals surface area contributed by atoms with Crippen molar-refractivity contribution >= 4 is 5.78 Å². The van der Waals surface area contributed by atoms with Gasteiger partial charge < -0.3 is 0 Å². The molecule has 0 atom stereocenters. The second kappa shape index (κ2) is 6.17. The van der Waals surface area contributed by atoms with Crippen molar-refractivity contribution in [1.29, 1.82) is 0 Å². The Bertz CT molecular complexity index is 389. The largest absolute Gasteiger partial charge is 0.299 e. The van der Waals surface area contributed by atoms with Crippen LogP contribution in [0.2, 0.25) is 0 Å². The molecular weight excluding hydrogens is 224 g/mol. The number of hydrogen-bond acceptors (Lipinski definition) is 2. The van der Waals surface area contributed by atoms with E-state index < -0.39 is 0 Å². The third-order valence-corrected chi connectivity index (χ3v) is 4.10. The minimum atomic E-state index is 0.356. The average Bonchev–Trinajstić information content (AvgIpc) is 2.74.